The Morgan fingerprint density at radius 2 is 1.86 bits per heavy atom. The maximum atomic E-state index is 13.0. The van der Waals surface area contributed by atoms with Crippen molar-refractivity contribution in [2.24, 2.45) is 0 Å². The van der Waals surface area contributed by atoms with Crippen molar-refractivity contribution < 1.29 is 13.9 Å². The van der Waals surface area contributed by atoms with Crippen LogP contribution in [0.2, 0.25) is 5.02 Å². The van der Waals surface area contributed by atoms with Gasteiger partial charge >= 0.3 is 5.97 Å². The third-order valence-electron chi connectivity index (χ3n) is 3.30. The van der Waals surface area contributed by atoms with E-state index in [9.17, 15) is 9.18 Å². The number of esters is 1. The van der Waals surface area contributed by atoms with Crippen molar-refractivity contribution in [3.63, 3.8) is 0 Å². The summed E-state index contributed by atoms with van der Waals surface area (Å²) in [6.07, 6.45) is 1.82. The van der Waals surface area contributed by atoms with Crippen molar-refractivity contribution in [2.75, 3.05) is 7.11 Å². The summed E-state index contributed by atoms with van der Waals surface area (Å²) in [5.41, 5.74) is 1.75. The molecule has 5 heteroatoms. The lowest BCUT2D eigenvalue weighted by Gasteiger charge is -2.09. The summed E-state index contributed by atoms with van der Waals surface area (Å²) in [6, 6.07) is 11.4. The van der Waals surface area contributed by atoms with Crippen molar-refractivity contribution in [3.05, 3.63) is 65.1 Å². The zero-order valence-electron chi connectivity index (χ0n) is 11.1. The summed E-state index contributed by atoms with van der Waals surface area (Å²) in [5, 5.41) is 1.20. The van der Waals surface area contributed by atoms with Gasteiger partial charge in [0.15, 0.2) is 0 Å². The van der Waals surface area contributed by atoms with Crippen molar-refractivity contribution in [3.8, 4) is 5.69 Å². The Labute approximate surface area is 125 Å². The summed E-state index contributed by atoms with van der Waals surface area (Å²) >= 11 is 6.35. The number of hydrogen-bond donors (Lipinski definition) is 0. The molecule has 3 aromatic rings. The van der Waals surface area contributed by atoms with E-state index >= 15 is 0 Å². The number of nitrogens with zero attached hydrogens (tertiary/aromatic N) is 1. The minimum atomic E-state index is -0.492. The average molecular weight is 304 g/mol. The van der Waals surface area contributed by atoms with Gasteiger partial charge in [0.2, 0.25) is 0 Å². The zero-order chi connectivity index (χ0) is 15.0. The molecule has 0 aliphatic rings. The first-order chi connectivity index (χ1) is 10.1. The highest BCUT2D eigenvalue weighted by atomic mass is 35.5. The van der Waals surface area contributed by atoms with Gasteiger partial charge in [-0.25, -0.2) is 9.18 Å². The fraction of sp³-hybridized carbons (Fsp3) is 0.0625. The predicted molar refractivity (Wildman–Crippen MR) is 79.6 cm³/mol. The topological polar surface area (TPSA) is 31.2 Å². The number of carbonyl (C=O) groups is 1. The normalized spacial score (nSPS) is 10.8. The number of rotatable bonds is 2. The number of carbonyl (C=O) groups excluding carboxylic acids is 1. The molecule has 0 saturated heterocycles. The van der Waals surface area contributed by atoms with Gasteiger partial charge in [-0.1, -0.05) is 17.7 Å². The van der Waals surface area contributed by atoms with Gasteiger partial charge in [-0.2, -0.15) is 0 Å². The third-order valence-corrected chi connectivity index (χ3v) is 3.68. The summed E-state index contributed by atoms with van der Waals surface area (Å²) in [4.78, 5) is 11.7. The van der Waals surface area contributed by atoms with E-state index in [1.54, 1.807) is 24.3 Å². The summed E-state index contributed by atoms with van der Waals surface area (Å²) in [6.45, 7) is 0. The molecule has 0 fully saturated rings. The van der Waals surface area contributed by atoms with Crippen LogP contribution in [0.1, 0.15) is 10.4 Å². The maximum absolute atomic E-state index is 13.0. The van der Waals surface area contributed by atoms with Gasteiger partial charge in [0, 0.05) is 17.3 Å². The molecule has 0 atom stereocenters. The lowest BCUT2D eigenvalue weighted by molar-refractivity contribution is 0.0601. The Bertz CT molecular complexity index is 824. The first kappa shape index (κ1) is 13.6. The molecular formula is C16H11ClFNO2. The van der Waals surface area contributed by atoms with Gasteiger partial charge in [-0.05, 0) is 36.4 Å². The zero-order valence-corrected chi connectivity index (χ0v) is 11.9. The molecule has 21 heavy (non-hydrogen) atoms. The van der Waals surface area contributed by atoms with Gasteiger partial charge in [0.1, 0.15) is 5.82 Å². The van der Waals surface area contributed by atoms with Crippen molar-refractivity contribution in [2.45, 2.75) is 0 Å². The molecule has 0 amide bonds. The monoisotopic (exact) mass is 303 g/mol. The van der Waals surface area contributed by atoms with E-state index in [-0.39, 0.29) is 5.82 Å². The van der Waals surface area contributed by atoms with Crippen LogP contribution in [0.5, 0.6) is 0 Å². The minimum Gasteiger partial charge on any atom is -0.465 e. The molecule has 2 aromatic carbocycles. The fourth-order valence-electron chi connectivity index (χ4n) is 2.27. The number of methoxy groups -OCH3 is 1. The number of halogens is 2. The van der Waals surface area contributed by atoms with Crippen LogP contribution in [0.4, 0.5) is 4.39 Å². The maximum Gasteiger partial charge on any atom is 0.339 e. The summed E-state index contributed by atoms with van der Waals surface area (Å²) in [5.74, 6) is -0.801. The summed E-state index contributed by atoms with van der Waals surface area (Å²) < 4.78 is 19.6. The molecule has 1 heterocycles. The highest BCUT2D eigenvalue weighted by Crippen LogP contribution is 2.31. The lowest BCUT2D eigenvalue weighted by atomic mass is 10.1. The van der Waals surface area contributed by atoms with E-state index in [4.69, 9.17) is 16.3 Å². The molecule has 0 radical (unpaired) electrons. The molecule has 106 valence electrons. The fourth-order valence-corrected chi connectivity index (χ4v) is 2.61. The molecule has 0 bridgehead atoms. The Hall–Kier alpha value is -2.33. The van der Waals surface area contributed by atoms with E-state index in [0.717, 1.165) is 11.1 Å². The third kappa shape index (κ3) is 2.28. The predicted octanol–water partition coefficient (Wildman–Crippen LogP) is 4.21. The SMILES string of the molecule is COC(=O)c1ccc2ccn(-c3ccc(F)cc3)c2c1Cl. The van der Waals surface area contributed by atoms with Gasteiger partial charge < -0.3 is 9.30 Å². The number of fused-ring (bicyclic) bond motifs is 1. The first-order valence-electron chi connectivity index (χ1n) is 6.25. The van der Waals surface area contributed by atoms with Gasteiger partial charge in [0.05, 0.1) is 23.2 Å². The number of hydrogen-bond acceptors (Lipinski definition) is 2. The Balaban J connectivity index is 2.25. The van der Waals surface area contributed by atoms with Crippen LogP contribution < -0.4 is 0 Å². The molecular weight excluding hydrogens is 293 g/mol. The molecule has 3 rings (SSSR count). The highest BCUT2D eigenvalue weighted by molar-refractivity contribution is 6.38. The molecule has 0 spiro atoms. The standard InChI is InChI=1S/C16H11ClFNO2/c1-21-16(20)13-7-2-10-8-9-19(15(10)14(13)17)12-5-3-11(18)4-6-12/h2-9H,1H3. The molecule has 0 unspecified atom stereocenters. The largest absolute Gasteiger partial charge is 0.465 e. The van der Waals surface area contributed by atoms with Crippen molar-refractivity contribution >= 4 is 28.5 Å². The van der Waals surface area contributed by atoms with Gasteiger partial charge in [-0.3, -0.25) is 0 Å². The van der Waals surface area contributed by atoms with Gasteiger partial charge in [-0.15, -0.1) is 0 Å². The molecule has 1 aromatic heterocycles. The van der Waals surface area contributed by atoms with Gasteiger partial charge in [0.25, 0.3) is 0 Å². The molecule has 0 aliphatic heterocycles. The van der Waals surface area contributed by atoms with Crippen LogP contribution in [-0.2, 0) is 4.74 Å². The van der Waals surface area contributed by atoms with Crippen LogP contribution in [0.25, 0.3) is 16.6 Å². The Morgan fingerprint density at radius 1 is 1.14 bits per heavy atom. The van der Waals surface area contributed by atoms with Crippen LogP contribution in [-0.4, -0.2) is 17.6 Å². The second-order valence-electron chi connectivity index (χ2n) is 4.52. The molecule has 0 saturated carbocycles. The highest BCUT2D eigenvalue weighted by Gasteiger charge is 2.16. The quantitative estimate of drug-likeness (QED) is 0.664. The Kier molecular flexibility index (Phi) is 3.39. The van der Waals surface area contributed by atoms with Crippen molar-refractivity contribution in [1.29, 1.82) is 0 Å². The number of aromatic nitrogens is 1. The summed E-state index contributed by atoms with van der Waals surface area (Å²) in [7, 11) is 1.31. The van der Waals surface area contributed by atoms with Crippen LogP contribution in [0.3, 0.4) is 0 Å². The average Bonchev–Trinajstić information content (AvgIpc) is 2.92. The van der Waals surface area contributed by atoms with Crippen LogP contribution in [0.15, 0.2) is 48.7 Å². The van der Waals surface area contributed by atoms with E-state index in [1.807, 2.05) is 16.8 Å². The number of benzene rings is 2. The second kappa shape index (κ2) is 5.22. The second-order valence-corrected chi connectivity index (χ2v) is 4.90. The molecule has 0 aliphatic carbocycles. The molecule has 3 nitrogen and oxygen atoms in total. The van der Waals surface area contributed by atoms with E-state index in [0.29, 0.717) is 16.1 Å². The van der Waals surface area contributed by atoms with Crippen LogP contribution >= 0.6 is 11.6 Å². The Morgan fingerprint density at radius 3 is 2.52 bits per heavy atom. The molecule has 0 N–H and O–H groups in total. The van der Waals surface area contributed by atoms with Crippen molar-refractivity contribution in [1.82, 2.24) is 4.57 Å². The van der Waals surface area contributed by atoms with E-state index in [1.165, 1.54) is 19.2 Å². The van der Waals surface area contributed by atoms with Crippen LogP contribution in [0, 0.1) is 5.82 Å². The minimum absolute atomic E-state index is 0.300. The van der Waals surface area contributed by atoms with E-state index < -0.39 is 5.97 Å². The lowest BCUT2D eigenvalue weighted by Crippen LogP contribution is -2.03. The number of ether oxygens (including phenoxy) is 1. The smallest absolute Gasteiger partial charge is 0.339 e. The van der Waals surface area contributed by atoms with E-state index in [2.05, 4.69) is 0 Å². The first-order valence-corrected chi connectivity index (χ1v) is 6.63.